The van der Waals surface area contributed by atoms with Crippen molar-refractivity contribution in [3.63, 3.8) is 0 Å². The molecule has 1 aliphatic heterocycles. The standard InChI is InChI=1S/C16H14N4O2S2/c1-22-11-4-2-3-10(7-11)15-17-12-5-6-20(8-14(12)24-15)16(21)13-9-23-19-18-13/h2-4,7,9H,5-6,8H2,1H3. The summed E-state index contributed by atoms with van der Waals surface area (Å²) in [4.78, 5) is 20.1. The van der Waals surface area contributed by atoms with Gasteiger partial charge in [-0.05, 0) is 23.7 Å². The molecule has 0 saturated heterocycles. The molecule has 4 rings (SSSR count). The van der Waals surface area contributed by atoms with E-state index in [-0.39, 0.29) is 5.91 Å². The van der Waals surface area contributed by atoms with Crippen molar-refractivity contribution >= 4 is 28.8 Å². The first-order chi connectivity index (χ1) is 11.7. The molecule has 0 saturated carbocycles. The number of fused-ring (bicyclic) bond motifs is 1. The van der Waals surface area contributed by atoms with Crippen molar-refractivity contribution in [2.45, 2.75) is 13.0 Å². The molecule has 0 N–H and O–H groups in total. The topological polar surface area (TPSA) is 68.2 Å². The molecule has 122 valence electrons. The molecule has 8 heteroatoms. The summed E-state index contributed by atoms with van der Waals surface area (Å²) in [5.41, 5.74) is 2.54. The maximum atomic E-state index is 12.4. The van der Waals surface area contributed by atoms with Gasteiger partial charge >= 0.3 is 0 Å². The number of methoxy groups -OCH3 is 1. The van der Waals surface area contributed by atoms with Gasteiger partial charge in [-0.25, -0.2) is 4.98 Å². The van der Waals surface area contributed by atoms with Gasteiger partial charge in [-0.3, -0.25) is 4.79 Å². The summed E-state index contributed by atoms with van der Waals surface area (Å²) in [6.07, 6.45) is 0.763. The number of amides is 1. The van der Waals surface area contributed by atoms with Crippen molar-refractivity contribution < 1.29 is 9.53 Å². The molecular formula is C16H14N4O2S2. The first-order valence-electron chi connectivity index (χ1n) is 7.44. The van der Waals surface area contributed by atoms with Crippen LogP contribution < -0.4 is 4.74 Å². The lowest BCUT2D eigenvalue weighted by molar-refractivity contribution is 0.0730. The van der Waals surface area contributed by atoms with E-state index in [9.17, 15) is 4.79 Å². The monoisotopic (exact) mass is 358 g/mol. The summed E-state index contributed by atoms with van der Waals surface area (Å²) in [6.45, 7) is 1.23. The molecule has 3 aromatic rings. The number of benzene rings is 1. The predicted molar refractivity (Wildman–Crippen MR) is 92.5 cm³/mol. The summed E-state index contributed by atoms with van der Waals surface area (Å²) >= 11 is 2.82. The molecule has 6 nitrogen and oxygen atoms in total. The molecule has 1 aromatic carbocycles. The number of ether oxygens (including phenoxy) is 1. The Bertz CT molecular complexity index is 876. The quantitative estimate of drug-likeness (QED) is 0.720. The lowest BCUT2D eigenvalue weighted by Gasteiger charge is -2.25. The van der Waals surface area contributed by atoms with Gasteiger partial charge in [0.25, 0.3) is 5.91 Å². The zero-order valence-electron chi connectivity index (χ0n) is 12.9. The van der Waals surface area contributed by atoms with E-state index in [2.05, 4.69) is 9.59 Å². The lowest BCUT2D eigenvalue weighted by atomic mass is 10.1. The molecule has 1 aliphatic rings. The van der Waals surface area contributed by atoms with E-state index in [0.29, 0.717) is 18.8 Å². The summed E-state index contributed by atoms with van der Waals surface area (Å²) in [7, 11) is 1.66. The highest BCUT2D eigenvalue weighted by atomic mass is 32.1. The average molecular weight is 358 g/mol. The minimum atomic E-state index is -0.0641. The third-order valence-electron chi connectivity index (χ3n) is 3.91. The summed E-state index contributed by atoms with van der Waals surface area (Å²) in [6, 6.07) is 7.88. The van der Waals surface area contributed by atoms with E-state index in [1.807, 2.05) is 29.2 Å². The molecule has 0 fully saturated rings. The van der Waals surface area contributed by atoms with Crippen molar-refractivity contribution in [3.8, 4) is 16.3 Å². The van der Waals surface area contributed by atoms with E-state index in [4.69, 9.17) is 9.72 Å². The van der Waals surface area contributed by atoms with E-state index in [1.165, 1.54) is 11.5 Å². The van der Waals surface area contributed by atoms with Crippen LogP contribution in [0.25, 0.3) is 10.6 Å². The second kappa shape index (κ2) is 6.29. The van der Waals surface area contributed by atoms with E-state index >= 15 is 0 Å². The van der Waals surface area contributed by atoms with E-state index < -0.39 is 0 Å². The number of carbonyl (C=O) groups is 1. The van der Waals surface area contributed by atoms with Crippen LogP contribution in [0.5, 0.6) is 5.75 Å². The molecule has 0 bridgehead atoms. The van der Waals surface area contributed by atoms with Crippen molar-refractivity contribution in [3.05, 3.63) is 45.9 Å². The van der Waals surface area contributed by atoms with Crippen molar-refractivity contribution in [2.75, 3.05) is 13.7 Å². The fraction of sp³-hybridized carbons (Fsp3) is 0.250. The van der Waals surface area contributed by atoms with Gasteiger partial charge in [0.05, 0.1) is 19.3 Å². The minimum Gasteiger partial charge on any atom is -0.497 e. The lowest BCUT2D eigenvalue weighted by Crippen LogP contribution is -2.35. The Hall–Kier alpha value is -2.32. The SMILES string of the molecule is COc1cccc(-c2nc3c(s2)CN(C(=O)c2csnn2)CC3)c1. The van der Waals surface area contributed by atoms with Crippen LogP contribution in [0.4, 0.5) is 0 Å². The van der Waals surface area contributed by atoms with Gasteiger partial charge in [-0.1, -0.05) is 16.6 Å². The Morgan fingerprint density at radius 2 is 2.29 bits per heavy atom. The normalized spacial score (nSPS) is 13.6. The third kappa shape index (κ3) is 2.78. The summed E-state index contributed by atoms with van der Waals surface area (Å²) < 4.78 is 9.05. The highest BCUT2D eigenvalue weighted by Crippen LogP contribution is 2.33. The highest BCUT2D eigenvalue weighted by molar-refractivity contribution is 7.15. The molecule has 1 amide bonds. The van der Waals surface area contributed by atoms with Gasteiger partial charge in [0.15, 0.2) is 5.69 Å². The molecule has 0 spiro atoms. The van der Waals surface area contributed by atoms with Crippen molar-refractivity contribution in [1.82, 2.24) is 19.5 Å². The molecule has 3 heterocycles. The largest absolute Gasteiger partial charge is 0.497 e. The fourth-order valence-electron chi connectivity index (χ4n) is 2.67. The highest BCUT2D eigenvalue weighted by Gasteiger charge is 2.26. The molecule has 24 heavy (non-hydrogen) atoms. The Morgan fingerprint density at radius 3 is 3.08 bits per heavy atom. The Labute approximate surface area is 146 Å². The smallest absolute Gasteiger partial charge is 0.275 e. The van der Waals surface area contributed by atoms with Gasteiger partial charge in [0.1, 0.15) is 10.8 Å². The second-order valence-corrected chi connectivity index (χ2v) is 7.08. The number of aromatic nitrogens is 3. The van der Waals surface area contributed by atoms with Crippen LogP contribution in [0, 0.1) is 0 Å². The minimum absolute atomic E-state index is 0.0641. The van der Waals surface area contributed by atoms with Gasteiger partial charge in [0.2, 0.25) is 0 Å². The van der Waals surface area contributed by atoms with Crippen LogP contribution in [0.2, 0.25) is 0 Å². The molecule has 2 aromatic heterocycles. The Balaban J connectivity index is 1.59. The van der Waals surface area contributed by atoms with Crippen LogP contribution in [0.1, 0.15) is 21.1 Å². The Morgan fingerprint density at radius 1 is 1.38 bits per heavy atom. The van der Waals surface area contributed by atoms with Gasteiger partial charge in [-0.15, -0.1) is 16.4 Å². The van der Waals surface area contributed by atoms with Crippen LogP contribution >= 0.6 is 22.9 Å². The zero-order valence-corrected chi connectivity index (χ0v) is 14.6. The number of rotatable bonds is 3. The molecule has 0 atom stereocenters. The van der Waals surface area contributed by atoms with Crippen LogP contribution in [-0.2, 0) is 13.0 Å². The number of thiazole rings is 1. The zero-order chi connectivity index (χ0) is 16.5. The third-order valence-corrected chi connectivity index (χ3v) is 5.55. The Kier molecular flexibility index (Phi) is 3.99. The van der Waals surface area contributed by atoms with Crippen LogP contribution in [0.3, 0.4) is 0 Å². The first kappa shape index (κ1) is 15.2. The van der Waals surface area contributed by atoms with Crippen LogP contribution in [0.15, 0.2) is 29.6 Å². The van der Waals surface area contributed by atoms with Gasteiger partial charge in [-0.2, -0.15) is 0 Å². The van der Waals surface area contributed by atoms with Crippen molar-refractivity contribution in [2.24, 2.45) is 0 Å². The second-order valence-electron chi connectivity index (χ2n) is 5.39. The molecular weight excluding hydrogens is 344 g/mol. The first-order valence-corrected chi connectivity index (χ1v) is 9.09. The van der Waals surface area contributed by atoms with Crippen molar-refractivity contribution in [1.29, 1.82) is 0 Å². The average Bonchev–Trinajstić information content (AvgIpc) is 3.30. The van der Waals surface area contributed by atoms with Crippen LogP contribution in [-0.4, -0.2) is 39.0 Å². The summed E-state index contributed by atoms with van der Waals surface area (Å²) in [5.74, 6) is 0.749. The number of nitrogens with zero attached hydrogens (tertiary/aromatic N) is 4. The van der Waals surface area contributed by atoms with E-state index in [1.54, 1.807) is 23.8 Å². The molecule has 0 radical (unpaired) electrons. The molecule has 0 aliphatic carbocycles. The number of carbonyl (C=O) groups excluding carboxylic acids is 1. The van der Waals surface area contributed by atoms with E-state index in [0.717, 1.165) is 33.3 Å². The van der Waals surface area contributed by atoms with Gasteiger partial charge < -0.3 is 9.64 Å². The molecule has 0 unspecified atom stereocenters. The summed E-state index contributed by atoms with van der Waals surface area (Å²) in [5, 5.41) is 6.52. The predicted octanol–water partition coefficient (Wildman–Crippen LogP) is 2.87. The van der Waals surface area contributed by atoms with Gasteiger partial charge in [0, 0.05) is 28.8 Å². The maximum absolute atomic E-state index is 12.4. The number of hydrogen-bond donors (Lipinski definition) is 0. The fourth-order valence-corrected chi connectivity index (χ4v) is 4.22. The maximum Gasteiger partial charge on any atom is 0.275 e. The number of hydrogen-bond acceptors (Lipinski definition) is 7.